The van der Waals surface area contributed by atoms with Crippen molar-refractivity contribution in [1.82, 2.24) is 5.32 Å². The Balaban J connectivity index is 1.84. The van der Waals surface area contributed by atoms with Crippen LogP contribution in [0.15, 0.2) is 24.3 Å². The predicted molar refractivity (Wildman–Crippen MR) is 78.4 cm³/mol. The molecule has 5 heteroatoms. The number of benzene rings is 1. The molecule has 1 saturated heterocycles. The van der Waals surface area contributed by atoms with Crippen molar-refractivity contribution in [1.29, 1.82) is 0 Å². The monoisotopic (exact) mass is 283 g/mol. The van der Waals surface area contributed by atoms with Crippen LogP contribution in [0.4, 0.5) is 0 Å². The van der Waals surface area contributed by atoms with E-state index in [9.17, 15) is 0 Å². The highest BCUT2D eigenvalue weighted by molar-refractivity contribution is 7.98. The molecule has 0 aliphatic carbocycles. The normalized spacial score (nSPS) is 19.1. The van der Waals surface area contributed by atoms with Crippen LogP contribution in [-0.4, -0.2) is 51.0 Å². The van der Waals surface area contributed by atoms with Gasteiger partial charge in [0.05, 0.1) is 13.2 Å². The Kier molecular flexibility index (Phi) is 6.33. The summed E-state index contributed by atoms with van der Waals surface area (Å²) < 4.78 is 17.1. The summed E-state index contributed by atoms with van der Waals surface area (Å²) >= 11 is 1.77. The molecule has 0 saturated carbocycles. The molecule has 0 bridgehead atoms. The summed E-state index contributed by atoms with van der Waals surface area (Å²) in [4.78, 5) is 0. The maximum absolute atomic E-state index is 5.81. The summed E-state index contributed by atoms with van der Waals surface area (Å²) in [5.41, 5.74) is 0. The molecule has 1 atom stereocenters. The van der Waals surface area contributed by atoms with E-state index in [1.54, 1.807) is 11.8 Å². The third-order valence-electron chi connectivity index (χ3n) is 2.82. The lowest BCUT2D eigenvalue weighted by molar-refractivity contribution is -0.000345. The predicted octanol–water partition coefficient (Wildman–Crippen LogP) is 1.80. The first-order valence-corrected chi connectivity index (χ1v) is 7.95. The van der Waals surface area contributed by atoms with Crippen molar-refractivity contribution in [3.63, 3.8) is 0 Å². The summed E-state index contributed by atoms with van der Waals surface area (Å²) in [6, 6.07) is 7.79. The number of morpholine rings is 1. The molecule has 0 spiro atoms. The van der Waals surface area contributed by atoms with E-state index in [-0.39, 0.29) is 6.10 Å². The van der Waals surface area contributed by atoms with Crippen LogP contribution in [0.25, 0.3) is 0 Å². The number of rotatable bonds is 7. The second-order valence-electron chi connectivity index (χ2n) is 4.30. The molecule has 2 rings (SSSR count). The second kappa shape index (κ2) is 8.30. The Morgan fingerprint density at radius 3 is 2.79 bits per heavy atom. The molecule has 0 aromatic heterocycles. The molecule has 1 unspecified atom stereocenters. The van der Waals surface area contributed by atoms with Gasteiger partial charge in [0.25, 0.3) is 0 Å². The number of nitrogens with one attached hydrogen (secondary N) is 1. The van der Waals surface area contributed by atoms with Crippen molar-refractivity contribution in [2.75, 3.05) is 44.9 Å². The lowest BCUT2D eigenvalue weighted by Crippen LogP contribution is -2.41. The summed E-state index contributed by atoms with van der Waals surface area (Å²) in [6.45, 7) is 3.76. The fourth-order valence-electron chi connectivity index (χ4n) is 1.83. The summed E-state index contributed by atoms with van der Waals surface area (Å²) in [6.07, 6.45) is 2.19. The number of hydrogen-bond donors (Lipinski definition) is 1. The van der Waals surface area contributed by atoms with Crippen LogP contribution in [0.2, 0.25) is 0 Å². The molecule has 0 radical (unpaired) electrons. The highest BCUT2D eigenvalue weighted by Gasteiger charge is 2.15. The molecule has 106 valence electrons. The van der Waals surface area contributed by atoms with E-state index in [4.69, 9.17) is 14.2 Å². The van der Waals surface area contributed by atoms with Crippen molar-refractivity contribution in [3.05, 3.63) is 24.3 Å². The van der Waals surface area contributed by atoms with Crippen molar-refractivity contribution in [2.45, 2.75) is 6.10 Å². The highest BCUT2D eigenvalue weighted by Crippen LogP contribution is 2.26. The van der Waals surface area contributed by atoms with Crippen molar-refractivity contribution < 1.29 is 14.2 Å². The minimum Gasteiger partial charge on any atom is -0.489 e. The van der Waals surface area contributed by atoms with E-state index in [2.05, 4.69) is 11.6 Å². The highest BCUT2D eigenvalue weighted by atomic mass is 32.2. The zero-order valence-electron chi connectivity index (χ0n) is 11.3. The zero-order valence-corrected chi connectivity index (χ0v) is 12.1. The average Bonchev–Trinajstić information content (AvgIpc) is 2.48. The molecule has 1 heterocycles. The smallest absolute Gasteiger partial charge is 0.161 e. The van der Waals surface area contributed by atoms with Crippen LogP contribution in [0.1, 0.15) is 0 Å². The third-order valence-corrected chi connectivity index (χ3v) is 3.40. The van der Waals surface area contributed by atoms with E-state index in [1.165, 1.54) is 0 Å². The summed E-state index contributed by atoms with van der Waals surface area (Å²) in [7, 11) is 0. The average molecular weight is 283 g/mol. The molecule has 1 N–H and O–H groups in total. The van der Waals surface area contributed by atoms with Gasteiger partial charge < -0.3 is 19.5 Å². The first-order valence-electron chi connectivity index (χ1n) is 6.56. The molecular formula is C14H21NO3S. The van der Waals surface area contributed by atoms with Crippen LogP contribution >= 0.6 is 11.8 Å². The Morgan fingerprint density at radius 1 is 1.32 bits per heavy atom. The van der Waals surface area contributed by atoms with Gasteiger partial charge in [0.15, 0.2) is 11.5 Å². The standard InChI is InChI=1S/C14H21NO3S/c1-19-9-8-17-13-4-2-3-5-14(13)18-11-12-10-15-6-7-16-12/h2-5,12,15H,6-11H2,1H3. The zero-order chi connectivity index (χ0) is 13.3. The van der Waals surface area contributed by atoms with Crippen LogP contribution in [0.5, 0.6) is 11.5 Å². The van der Waals surface area contributed by atoms with Gasteiger partial charge in [0.2, 0.25) is 0 Å². The maximum atomic E-state index is 5.81. The van der Waals surface area contributed by atoms with Crippen LogP contribution in [0.3, 0.4) is 0 Å². The number of thioether (sulfide) groups is 1. The molecule has 1 fully saturated rings. The quantitative estimate of drug-likeness (QED) is 0.773. The molecule has 1 aliphatic rings. The molecule has 1 aromatic carbocycles. The Hall–Kier alpha value is -0.910. The van der Waals surface area contributed by atoms with Gasteiger partial charge in [-0.25, -0.2) is 0 Å². The largest absolute Gasteiger partial charge is 0.489 e. The van der Waals surface area contributed by atoms with Crippen molar-refractivity contribution in [3.8, 4) is 11.5 Å². The van der Waals surface area contributed by atoms with E-state index in [0.717, 1.165) is 36.9 Å². The molecule has 1 aromatic rings. The molecule has 4 nitrogen and oxygen atoms in total. The van der Waals surface area contributed by atoms with Crippen LogP contribution < -0.4 is 14.8 Å². The number of ether oxygens (including phenoxy) is 3. The van der Waals surface area contributed by atoms with Crippen molar-refractivity contribution >= 4 is 11.8 Å². The van der Waals surface area contributed by atoms with Gasteiger partial charge in [0, 0.05) is 18.8 Å². The SMILES string of the molecule is CSCCOc1ccccc1OCC1CNCCO1. The molecule has 1 aliphatic heterocycles. The van der Waals surface area contributed by atoms with Gasteiger partial charge in [-0.1, -0.05) is 12.1 Å². The molecular weight excluding hydrogens is 262 g/mol. The number of para-hydroxylation sites is 2. The van der Waals surface area contributed by atoms with E-state index < -0.39 is 0 Å². The Bertz CT molecular complexity index is 369. The fraction of sp³-hybridized carbons (Fsp3) is 0.571. The summed E-state index contributed by atoms with van der Waals surface area (Å²) in [5.74, 6) is 2.57. The topological polar surface area (TPSA) is 39.7 Å². The van der Waals surface area contributed by atoms with E-state index in [1.807, 2.05) is 24.3 Å². The first-order chi connectivity index (χ1) is 9.40. The second-order valence-corrected chi connectivity index (χ2v) is 5.28. The third kappa shape index (κ3) is 4.93. The minimum absolute atomic E-state index is 0.119. The van der Waals surface area contributed by atoms with E-state index in [0.29, 0.717) is 13.2 Å². The summed E-state index contributed by atoms with van der Waals surface area (Å²) in [5, 5.41) is 3.29. The molecule has 0 amide bonds. The van der Waals surface area contributed by atoms with Crippen molar-refractivity contribution in [2.24, 2.45) is 0 Å². The maximum Gasteiger partial charge on any atom is 0.161 e. The fourth-order valence-corrected chi connectivity index (χ4v) is 2.08. The van der Waals surface area contributed by atoms with Gasteiger partial charge in [-0.15, -0.1) is 0 Å². The molecule has 19 heavy (non-hydrogen) atoms. The Labute approximate surface area is 118 Å². The van der Waals surface area contributed by atoms with Gasteiger partial charge >= 0.3 is 0 Å². The first kappa shape index (κ1) is 14.5. The van der Waals surface area contributed by atoms with Crippen LogP contribution in [-0.2, 0) is 4.74 Å². The Morgan fingerprint density at radius 2 is 2.11 bits per heavy atom. The minimum atomic E-state index is 0.119. The van der Waals surface area contributed by atoms with Gasteiger partial charge in [-0.3, -0.25) is 0 Å². The van der Waals surface area contributed by atoms with E-state index >= 15 is 0 Å². The van der Waals surface area contributed by atoms with Gasteiger partial charge in [0.1, 0.15) is 12.7 Å². The van der Waals surface area contributed by atoms with Gasteiger partial charge in [-0.2, -0.15) is 11.8 Å². The van der Waals surface area contributed by atoms with Crippen LogP contribution in [0, 0.1) is 0 Å². The van der Waals surface area contributed by atoms with Gasteiger partial charge in [-0.05, 0) is 18.4 Å². The number of hydrogen-bond acceptors (Lipinski definition) is 5. The lowest BCUT2D eigenvalue weighted by Gasteiger charge is -2.24. The lowest BCUT2D eigenvalue weighted by atomic mass is 10.3.